The van der Waals surface area contributed by atoms with Gasteiger partial charge in [-0.15, -0.1) is 11.8 Å². The Balaban J connectivity index is 1.56. The number of urea groups is 1. The molecule has 0 radical (unpaired) electrons. The van der Waals surface area contributed by atoms with E-state index >= 15 is 0 Å². The number of carbonyl (C=O) groups is 3. The molecular weight excluding hydrogens is 364 g/mol. The number of fused-ring (bicyclic) bond motifs is 1. The number of benzene rings is 2. The van der Waals surface area contributed by atoms with Crippen molar-refractivity contribution in [3.63, 3.8) is 0 Å². The number of carbonyl (C=O) groups excluding carboxylic acids is 3. The SMILES string of the molecule is O=C(CSc1cccc2cccc(Cl)c12)OCC(=O)N1CCNC1=O. The lowest BCUT2D eigenvalue weighted by Crippen LogP contribution is -2.37. The van der Waals surface area contributed by atoms with Crippen molar-refractivity contribution in [3.8, 4) is 0 Å². The van der Waals surface area contributed by atoms with Gasteiger partial charge in [0, 0.05) is 28.4 Å². The van der Waals surface area contributed by atoms with Gasteiger partial charge >= 0.3 is 12.0 Å². The van der Waals surface area contributed by atoms with Crippen LogP contribution in [0.5, 0.6) is 0 Å². The summed E-state index contributed by atoms with van der Waals surface area (Å²) in [5.74, 6) is -1.01. The number of nitrogens with zero attached hydrogens (tertiary/aromatic N) is 1. The van der Waals surface area contributed by atoms with Crippen LogP contribution in [0.25, 0.3) is 10.8 Å². The third-order valence-corrected chi connectivity index (χ3v) is 5.02. The average molecular weight is 379 g/mol. The second-order valence-electron chi connectivity index (χ2n) is 5.32. The summed E-state index contributed by atoms with van der Waals surface area (Å²) in [5.41, 5.74) is 0. The molecule has 1 aliphatic rings. The van der Waals surface area contributed by atoms with Crippen molar-refractivity contribution < 1.29 is 19.1 Å². The van der Waals surface area contributed by atoms with Crippen LogP contribution in [0.2, 0.25) is 5.02 Å². The Morgan fingerprint density at radius 3 is 2.72 bits per heavy atom. The van der Waals surface area contributed by atoms with Gasteiger partial charge in [-0.1, -0.05) is 35.9 Å². The highest BCUT2D eigenvalue weighted by atomic mass is 35.5. The van der Waals surface area contributed by atoms with Gasteiger partial charge < -0.3 is 10.1 Å². The molecule has 1 aliphatic heterocycles. The van der Waals surface area contributed by atoms with E-state index in [0.29, 0.717) is 18.1 Å². The largest absolute Gasteiger partial charge is 0.455 e. The molecule has 6 nitrogen and oxygen atoms in total. The first kappa shape index (κ1) is 17.6. The molecule has 1 N–H and O–H groups in total. The van der Waals surface area contributed by atoms with E-state index in [9.17, 15) is 14.4 Å². The second kappa shape index (κ2) is 7.76. The Bertz CT molecular complexity index is 837. The zero-order chi connectivity index (χ0) is 17.8. The van der Waals surface area contributed by atoms with Gasteiger partial charge in [-0.3, -0.25) is 14.5 Å². The van der Waals surface area contributed by atoms with Crippen molar-refractivity contribution in [3.05, 3.63) is 41.4 Å². The van der Waals surface area contributed by atoms with Gasteiger partial charge in [0.25, 0.3) is 5.91 Å². The average Bonchev–Trinajstić information content (AvgIpc) is 3.04. The van der Waals surface area contributed by atoms with E-state index in [1.807, 2.05) is 30.3 Å². The summed E-state index contributed by atoms with van der Waals surface area (Å²) in [6, 6.07) is 10.9. The summed E-state index contributed by atoms with van der Waals surface area (Å²) in [7, 11) is 0. The molecule has 3 amide bonds. The number of esters is 1. The zero-order valence-electron chi connectivity index (χ0n) is 13.2. The third kappa shape index (κ3) is 4.05. The molecule has 0 bridgehead atoms. The smallest absolute Gasteiger partial charge is 0.324 e. The predicted octanol–water partition coefficient (Wildman–Crippen LogP) is 2.68. The van der Waals surface area contributed by atoms with Crippen molar-refractivity contribution in [1.82, 2.24) is 10.2 Å². The molecule has 0 unspecified atom stereocenters. The zero-order valence-corrected chi connectivity index (χ0v) is 14.7. The van der Waals surface area contributed by atoms with E-state index in [1.54, 1.807) is 6.07 Å². The quantitative estimate of drug-likeness (QED) is 0.639. The number of thioether (sulfide) groups is 1. The van der Waals surface area contributed by atoms with E-state index in [-0.39, 0.29) is 5.75 Å². The molecule has 1 saturated heterocycles. The molecule has 0 spiro atoms. The lowest BCUT2D eigenvalue weighted by Gasteiger charge is -2.12. The Morgan fingerprint density at radius 1 is 1.24 bits per heavy atom. The van der Waals surface area contributed by atoms with Gasteiger partial charge in [-0.2, -0.15) is 0 Å². The van der Waals surface area contributed by atoms with Gasteiger partial charge in [0.2, 0.25) is 0 Å². The first-order chi connectivity index (χ1) is 12.1. The van der Waals surface area contributed by atoms with E-state index in [1.165, 1.54) is 11.8 Å². The van der Waals surface area contributed by atoms with Gasteiger partial charge in [0.15, 0.2) is 6.61 Å². The second-order valence-corrected chi connectivity index (χ2v) is 6.75. The van der Waals surface area contributed by atoms with Gasteiger partial charge in [0.05, 0.1) is 5.75 Å². The molecule has 2 aromatic rings. The number of amides is 3. The van der Waals surface area contributed by atoms with E-state index < -0.39 is 24.5 Å². The highest BCUT2D eigenvalue weighted by molar-refractivity contribution is 8.00. The first-order valence-electron chi connectivity index (χ1n) is 7.60. The van der Waals surface area contributed by atoms with Crippen LogP contribution in [0.15, 0.2) is 41.3 Å². The molecule has 0 aromatic heterocycles. The maximum atomic E-state index is 11.9. The van der Waals surface area contributed by atoms with Crippen molar-refractivity contribution >= 4 is 52.0 Å². The summed E-state index contributed by atoms with van der Waals surface area (Å²) >= 11 is 7.54. The summed E-state index contributed by atoms with van der Waals surface area (Å²) in [4.78, 5) is 37.0. The highest BCUT2D eigenvalue weighted by Gasteiger charge is 2.26. The Morgan fingerprint density at radius 2 is 2.00 bits per heavy atom. The van der Waals surface area contributed by atoms with E-state index in [0.717, 1.165) is 20.6 Å². The van der Waals surface area contributed by atoms with E-state index in [4.69, 9.17) is 16.3 Å². The number of hydrogen-bond acceptors (Lipinski definition) is 5. The Hall–Kier alpha value is -2.25. The van der Waals surface area contributed by atoms with Crippen LogP contribution in [0, 0.1) is 0 Å². The van der Waals surface area contributed by atoms with Crippen LogP contribution in [0.1, 0.15) is 0 Å². The van der Waals surface area contributed by atoms with Crippen molar-refractivity contribution in [2.75, 3.05) is 25.4 Å². The predicted molar refractivity (Wildman–Crippen MR) is 95.8 cm³/mol. The van der Waals surface area contributed by atoms with Crippen LogP contribution >= 0.6 is 23.4 Å². The highest BCUT2D eigenvalue weighted by Crippen LogP contribution is 2.33. The standard InChI is InChI=1S/C17H15ClN2O4S/c18-12-5-1-3-11-4-2-6-13(16(11)12)25-10-15(22)24-9-14(21)20-8-7-19-17(20)23/h1-6H,7-10H2,(H,19,23). The summed E-state index contributed by atoms with van der Waals surface area (Å²) < 4.78 is 4.96. The Kier molecular flexibility index (Phi) is 5.45. The fraction of sp³-hybridized carbons (Fsp3) is 0.235. The fourth-order valence-electron chi connectivity index (χ4n) is 2.49. The molecule has 0 atom stereocenters. The lowest BCUT2D eigenvalue weighted by atomic mass is 10.1. The molecule has 8 heteroatoms. The minimum absolute atomic E-state index is 0.0454. The van der Waals surface area contributed by atoms with Crippen molar-refractivity contribution in [2.45, 2.75) is 4.90 Å². The number of hydrogen-bond donors (Lipinski definition) is 1. The number of nitrogens with one attached hydrogen (secondary N) is 1. The fourth-order valence-corrected chi connectivity index (χ4v) is 3.73. The topological polar surface area (TPSA) is 75.7 Å². The molecule has 0 aliphatic carbocycles. The summed E-state index contributed by atoms with van der Waals surface area (Å²) in [6.07, 6.45) is 0. The molecule has 1 fully saturated rings. The van der Waals surface area contributed by atoms with Crippen LogP contribution in [-0.4, -0.2) is 48.3 Å². The maximum absolute atomic E-state index is 11.9. The van der Waals surface area contributed by atoms with Crippen LogP contribution in [0.4, 0.5) is 4.79 Å². The van der Waals surface area contributed by atoms with Crippen LogP contribution in [0.3, 0.4) is 0 Å². The molecule has 3 rings (SSSR count). The monoisotopic (exact) mass is 378 g/mol. The van der Waals surface area contributed by atoms with Gasteiger partial charge in [-0.05, 0) is 17.5 Å². The number of imide groups is 1. The molecule has 2 aromatic carbocycles. The van der Waals surface area contributed by atoms with Crippen LogP contribution < -0.4 is 5.32 Å². The van der Waals surface area contributed by atoms with E-state index in [2.05, 4.69) is 5.32 Å². The molecular formula is C17H15ClN2O4S. The van der Waals surface area contributed by atoms with Crippen LogP contribution in [-0.2, 0) is 14.3 Å². The van der Waals surface area contributed by atoms with Crippen molar-refractivity contribution in [2.24, 2.45) is 0 Å². The molecule has 0 saturated carbocycles. The summed E-state index contributed by atoms with van der Waals surface area (Å²) in [6.45, 7) is 0.262. The maximum Gasteiger partial charge on any atom is 0.324 e. The van der Waals surface area contributed by atoms with Gasteiger partial charge in [-0.25, -0.2) is 4.79 Å². The number of rotatable bonds is 5. The first-order valence-corrected chi connectivity index (χ1v) is 8.96. The number of halogens is 1. The molecule has 1 heterocycles. The Labute approximate surface area is 153 Å². The normalized spacial score (nSPS) is 13.8. The number of ether oxygens (including phenoxy) is 1. The molecule has 130 valence electrons. The van der Waals surface area contributed by atoms with Gasteiger partial charge in [0.1, 0.15) is 0 Å². The third-order valence-electron chi connectivity index (χ3n) is 3.68. The minimum atomic E-state index is -0.526. The minimum Gasteiger partial charge on any atom is -0.455 e. The van der Waals surface area contributed by atoms with Crippen molar-refractivity contribution in [1.29, 1.82) is 0 Å². The summed E-state index contributed by atoms with van der Waals surface area (Å²) in [5, 5.41) is 5.00. The molecule has 25 heavy (non-hydrogen) atoms. The lowest BCUT2D eigenvalue weighted by molar-refractivity contribution is -0.148.